The molecule has 45 heavy (non-hydrogen) atoms. The van der Waals surface area contributed by atoms with Crippen LogP contribution in [0, 0.1) is 0 Å². The molecule has 6 rings (SSSR count). The van der Waals surface area contributed by atoms with E-state index >= 15 is 0 Å². The molecule has 2 aromatic heterocycles. The van der Waals surface area contributed by atoms with Crippen molar-refractivity contribution in [2.75, 3.05) is 10.6 Å². The SMILES string of the molecule is O=C(Nc1cc(N=C([O-])Cc2ccccc2)cc(C(F)(F)F)c1)Nc1c[n+](Cc2ccc(-c3cccc4c3CNC4)cn2)no1. The normalized spacial score (nSPS) is 13.0. The lowest BCUT2D eigenvalue weighted by Crippen LogP contribution is -2.35. The topological polar surface area (TPSA) is 131 Å². The van der Waals surface area contributed by atoms with Gasteiger partial charge in [0.15, 0.2) is 0 Å². The molecule has 0 saturated heterocycles. The van der Waals surface area contributed by atoms with Crippen molar-refractivity contribution in [3.05, 3.63) is 119 Å². The first-order valence-corrected chi connectivity index (χ1v) is 13.9. The first kappa shape index (κ1) is 29.5. The monoisotopic (exact) mass is 613 g/mol. The van der Waals surface area contributed by atoms with Gasteiger partial charge in [0, 0.05) is 37.0 Å². The molecule has 3 aromatic carbocycles. The molecule has 0 saturated carbocycles. The number of benzene rings is 3. The van der Waals surface area contributed by atoms with Gasteiger partial charge >= 0.3 is 18.1 Å². The first-order valence-electron chi connectivity index (χ1n) is 13.9. The number of hydrogen-bond donors (Lipinski definition) is 3. The predicted molar refractivity (Wildman–Crippen MR) is 157 cm³/mol. The van der Waals surface area contributed by atoms with Crippen LogP contribution in [-0.4, -0.2) is 22.2 Å². The van der Waals surface area contributed by atoms with Crippen LogP contribution in [0.2, 0.25) is 0 Å². The van der Waals surface area contributed by atoms with Gasteiger partial charge < -0.3 is 15.7 Å². The zero-order valence-electron chi connectivity index (χ0n) is 23.6. The van der Waals surface area contributed by atoms with Gasteiger partial charge in [0.25, 0.3) is 6.20 Å². The molecular formula is C32H26F3N7O3. The van der Waals surface area contributed by atoms with Crippen LogP contribution in [0.1, 0.15) is 27.9 Å². The van der Waals surface area contributed by atoms with Gasteiger partial charge in [-0.3, -0.25) is 19.8 Å². The summed E-state index contributed by atoms with van der Waals surface area (Å²) in [4.78, 5) is 21.0. The third-order valence-corrected chi connectivity index (χ3v) is 7.05. The fourth-order valence-electron chi connectivity index (χ4n) is 4.99. The number of rotatable bonds is 8. The van der Waals surface area contributed by atoms with E-state index in [0.717, 1.165) is 36.3 Å². The summed E-state index contributed by atoms with van der Waals surface area (Å²) in [6.07, 6.45) is -1.61. The molecule has 0 spiro atoms. The molecule has 0 fully saturated rings. The zero-order chi connectivity index (χ0) is 31.4. The van der Waals surface area contributed by atoms with Crippen LogP contribution >= 0.6 is 0 Å². The number of carbonyl (C=O) groups excluding carboxylic acids is 1. The van der Waals surface area contributed by atoms with E-state index in [2.05, 4.69) is 43.3 Å². The lowest BCUT2D eigenvalue weighted by atomic mass is 9.98. The molecule has 10 nitrogen and oxygen atoms in total. The summed E-state index contributed by atoms with van der Waals surface area (Å²) in [5, 5.41) is 24.4. The van der Waals surface area contributed by atoms with Crippen LogP contribution in [0.3, 0.4) is 0 Å². The van der Waals surface area contributed by atoms with Crippen molar-refractivity contribution in [3.63, 3.8) is 0 Å². The number of halogens is 3. The number of pyridine rings is 1. The number of anilines is 2. The molecule has 228 valence electrons. The van der Waals surface area contributed by atoms with Crippen molar-refractivity contribution in [3.8, 4) is 11.1 Å². The Morgan fingerprint density at radius 3 is 2.64 bits per heavy atom. The minimum atomic E-state index is -4.73. The van der Waals surface area contributed by atoms with E-state index in [1.54, 1.807) is 36.5 Å². The minimum Gasteiger partial charge on any atom is -0.861 e. The summed E-state index contributed by atoms with van der Waals surface area (Å²) < 4.78 is 47.3. The number of aliphatic imine (C=N–C) groups is 1. The lowest BCUT2D eigenvalue weighted by Gasteiger charge is -2.14. The number of urea groups is 1. The molecule has 1 aliphatic heterocycles. The Morgan fingerprint density at radius 1 is 1.02 bits per heavy atom. The Hall–Kier alpha value is -5.56. The number of carbonyl (C=O) groups is 1. The fourth-order valence-corrected chi connectivity index (χ4v) is 4.99. The molecule has 0 atom stereocenters. The molecule has 2 amide bonds. The third kappa shape index (κ3) is 7.33. The number of fused-ring (bicyclic) bond motifs is 1. The van der Waals surface area contributed by atoms with E-state index < -0.39 is 23.7 Å². The Bertz CT molecular complexity index is 1860. The number of amides is 2. The van der Waals surface area contributed by atoms with Crippen LogP contribution < -0.4 is 25.7 Å². The van der Waals surface area contributed by atoms with Crippen molar-refractivity contribution >= 4 is 29.2 Å². The van der Waals surface area contributed by atoms with Crippen LogP contribution in [-0.2, 0) is 32.2 Å². The lowest BCUT2D eigenvalue weighted by molar-refractivity contribution is -0.755. The van der Waals surface area contributed by atoms with Gasteiger partial charge in [0.2, 0.25) is 11.8 Å². The summed E-state index contributed by atoms with van der Waals surface area (Å²) in [5.41, 5.74) is 4.49. The Balaban J connectivity index is 1.10. The average Bonchev–Trinajstić information content (AvgIpc) is 3.67. The fraction of sp³-hybridized carbons (Fsp3) is 0.156. The molecular weight excluding hydrogens is 587 g/mol. The predicted octanol–water partition coefficient (Wildman–Crippen LogP) is 4.97. The van der Waals surface area contributed by atoms with Gasteiger partial charge in [-0.05, 0) is 57.1 Å². The molecule has 0 aliphatic carbocycles. The van der Waals surface area contributed by atoms with Crippen LogP contribution in [0.25, 0.3) is 11.1 Å². The van der Waals surface area contributed by atoms with E-state index in [1.165, 1.54) is 28.1 Å². The van der Waals surface area contributed by atoms with E-state index in [4.69, 9.17) is 4.52 Å². The van der Waals surface area contributed by atoms with Crippen molar-refractivity contribution in [1.29, 1.82) is 0 Å². The van der Waals surface area contributed by atoms with Gasteiger partial charge in [-0.25, -0.2) is 4.79 Å². The summed E-state index contributed by atoms with van der Waals surface area (Å²) in [5.74, 6) is -0.682. The number of alkyl halides is 3. The van der Waals surface area contributed by atoms with E-state index in [9.17, 15) is 23.1 Å². The van der Waals surface area contributed by atoms with E-state index in [1.807, 2.05) is 18.2 Å². The van der Waals surface area contributed by atoms with E-state index in [-0.39, 0.29) is 30.2 Å². The molecule has 3 N–H and O–H groups in total. The molecule has 3 heterocycles. The highest BCUT2D eigenvalue weighted by atomic mass is 19.4. The Morgan fingerprint density at radius 2 is 1.87 bits per heavy atom. The molecule has 13 heteroatoms. The average molecular weight is 614 g/mol. The third-order valence-electron chi connectivity index (χ3n) is 7.05. The number of aromatic nitrogens is 3. The second-order valence-corrected chi connectivity index (χ2v) is 10.4. The van der Waals surface area contributed by atoms with Crippen LogP contribution in [0.15, 0.2) is 101 Å². The second kappa shape index (κ2) is 12.6. The Kier molecular flexibility index (Phi) is 8.25. The summed E-state index contributed by atoms with van der Waals surface area (Å²) in [7, 11) is 0. The highest BCUT2D eigenvalue weighted by Gasteiger charge is 2.31. The second-order valence-electron chi connectivity index (χ2n) is 10.4. The van der Waals surface area contributed by atoms with Gasteiger partial charge in [-0.1, -0.05) is 54.6 Å². The largest absolute Gasteiger partial charge is 0.861 e. The maximum Gasteiger partial charge on any atom is 0.416 e. The van der Waals surface area contributed by atoms with Crippen LogP contribution in [0.4, 0.5) is 35.2 Å². The maximum atomic E-state index is 13.6. The number of nitrogens with one attached hydrogen (secondary N) is 3. The molecule has 0 radical (unpaired) electrons. The molecule has 0 unspecified atom stereocenters. The molecule has 1 aliphatic rings. The molecule has 0 bridgehead atoms. The number of nitrogens with zero attached hydrogens (tertiary/aromatic N) is 4. The standard InChI is InChI=1S/C32H26F3N7O3/c33-32(34,35)23-12-25(38-29(43)11-20-5-2-1-3-6-20)14-26(13-23)39-31(44)40-30-19-42(41-45-30)18-24-10-9-22(16-37-24)27-8-4-7-21-15-36-17-28(21)27/h1-10,12-14,16,19,36H,11,15,17-18H2,(H2-,38,39,40,41,43,44). The first-order chi connectivity index (χ1) is 21.7. The van der Waals surface area contributed by atoms with Crippen LogP contribution in [0.5, 0.6) is 0 Å². The van der Waals surface area contributed by atoms with Crippen molar-refractivity contribution in [2.45, 2.75) is 32.2 Å². The van der Waals surface area contributed by atoms with Crippen molar-refractivity contribution in [2.24, 2.45) is 4.99 Å². The quantitative estimate of drug-likeness (QED) is 0.129. The summed E-state index contributed by atoms with van der Waals surface area (Å²) >= 11 is 0. The summed E-state index contributed by atoms with van der Waals surface area (Å²) in [6.45, 7) is 1.90. The molecule has 5 aromatic rings. The smallest absolute Gasteiger partial charge is 0.416 e. The van der Waals surface area contributed by atoms with Gasteiger partial charge in [0.1, 0.15) is 5.69 Å². The van der Waals surface area contributed by atoms with Crippen molar-refractivity contribution < 1.29 is 32.3 Å². The number of hydrogen-bond acceptors (Lipinski definition) is 7. The summed E-state index contributed by atoms with van der Waals surface area (Å²) in [6, 6.07) is 20.5. The van der Waals surface area contributed by atoms with E-state index in [0.29, 0.717) is 11.3 Å². The highest BCUT2D eigenvalue weighted by molar-refractivity contribution is 5.99. The zero-order valence-corrected chi connectivity index (χ0v) is 23.6. The minimum absolute atomic E-state index is 0.0496. The maximum absolute atomic E-state index is 13.6. The van der Waals surface area contributed by atoms with Gasteiger partial charge in [-0.2, -0.15) is 13.2 Å². The van der Waals surface area contributed by atoms with Gasteiger partial charge in [-0.15, -0.1) is 0 Å². The Labute approximate surface area is 255 Å². The highest BCUT2D eigenvalue weighted by Crippen LogP contribution is 2.34. The van der Waals surface area contributed by atoms with Crippen molar-refractivity contribution in [1.82, 2.24) is 15.6 Å². The van der Waals surface area contributed by atoms with Gasteiger partial charge in [0.05, 0.1) is 11.3 Å².